The van der Waals surface area contributed by atoms with Crippen molar-refractivity contribution in [2.45, 2.75) is 83.2 Å². The molecule has 0 spiro atoms. The van der Waals surface area contributed by atoms with Crippen molar-refractivity contribution < 1.29 is 14.3 Å². The quantitative estimate of drug-likeness (QED) is 0.462. The Kier molecular flexibility index (Phi) is 8.42. The Morgan fingerprint density at radius 2 is 1.86 bits per heavy atom. The molecule has 1 amide bonds. The predicted octanol–water partition coefficient (Wildman–Crippen LogP) is 6.10. The topological polar surface area (TPSA) is 63.7 Å². The number of carbonyl (C=O) groups is 1. The zero-order chi connectivity index (χ0) is 25.9. The van der Waals surface area contributed by atoms with Crippen molar-refractivity contribution in [1.82, 2.24) is 15.2 Å². The van der Waals surface area contributed by atoms with Crippen LogP contribution < -0.4 is 5.32 Å². The van der Waals surface area contributed by atoms with Crippen LogP contribution in [-0.2, 0) is 20.3 Å². The van der Waals surface area contributed by atoms with E-state index in [9.17, 15) is 4.79 Å². The van der Waals surface area contributed by atoms with Crippen molar-refractivity contribution in [3.63, 3.8) is 0 Å². The summed E-state index contributed by atoms with van der Waals surface area (Å²) in [6, 6.07) is 6.97. The molecule has 4 rings (SSSR count). The summed E-state index contributed by atoms with van der Waals surface area (Å²) in [7, 11) is 1.87. The number of piperidine rings is 1. The van der Waals surface area contributed by atoms with Gasteiger partial charge in [-0.3, -0.25) is 0 Å². The van der Waals surface area contributed by atoms with E-state index in [2.05, 4.69) is 56.6 Å². The van der Waals surface area contributed by atoms with E-state index in [0.29, 0.717) is 32.2 Å². The highest BCUT2D eigenvalue weighted by molar-refractivity contribution is 7.10. The van der Waals surface area contributed by atoms with Gasteiger partial charge in [-0.05, 0) is 67.7 Å². The number of nitrogens with one attached hydrogen (secondary N) is 1. The molecule has 2 heterocycles. The van der Waals surface area contributed by atoms with Gasteiger partial charge in [-0.1, -0.05) is 39.8 Å². The number of rotatable bonds is 8. The summed E-state index contributed by atoms with van der Waals surface area (Å²) in [4.78, 5) is 19.5. The molecule has 36 heavy (non-hydrogen) atoms. The minimum atomic E-state index is -0.242. The first kappa shape index (κ1) is 27.1. The number of carbonyl (C=O) groups excluding carboxylic acids is 1. The summed E-state index contributed by atoms with van der Waals surface area (Å²) in [6.45, 7) is 14.4. The summed E-state index contributed by atoms with van der Waals surface area (Å²) in [5, 5.41) is 6.46. The van der Waals surface area contributed by atoms with Gasteiger partial charge in [-0.25, -0.2) is 9.78 Å². The van der Waals surface area contributed by atoms with Crippen LogP contribution in [0.5, 0.6) is 0 Å². The number of hydrogen-bond acceptors (Lipinski definition) is 6. The molecule has 0 saturated carbocycles. The molecule has 1 fully saturated rings. The molecule has 1 aliphatic heterocycles. The van der Waals surface area contributed by atoms with E-state index in [1.54, 1.807) is 11.3 Å². The Morgan fingerprint density at radius 1 is 1.17 bits per heavy atom. The Bertz CT molecular complexity index is 1030. The van der Waals surface area contributed by atoms with E-state index in [-0.39, 0.29) is 29.6 Å². The van der Waals surface area contributed by atoms with Crippen molar-refractivity contribution in [3.05, 3.63) is 39.7 Å². The number of hydrogen-bond donors (Lipinski definition) is 1. The first-order chi connectivity index (χ1) is 17.1. The van der Waals surface area contributed by atoms with E-state index < -0.39 is 0 Å². The van der Waals surface area contributed by atoms with Gasteiger partial charge in [0.2, 0.25) is 0 Å². The fourth-order valence-corrected chi connectivity index (χ4v) is 6.55. The van der Waals surface area contributed by atoms with E-state index in [1.807, 2.05) is 18.9 Å². The van der Waals surface area contributed by atoms with Gasteiger partial charge in [0.05, 0.1) is 10.7 Å². The zero-order valence-electron chi connectivity index (χ0n) is 22.9. The maximum absolute atomic E-state index is 12.6. The predicted molar refractivity (Wildman–Crippen MR) is 147 cm³/mol. The number of amides is 1. The number of ether oxygens (including phenoxy) is 2. The molecule has 1 atom stereocenters. The maximum Gasteiger partial charge on any atom is 0.409 e. The molecule has 1 saturated heterocycles. The molecule has 1 aromatic heterocycles. The van der Waals surface area contributed by atoms with E-state index in [1.165, 1.54) is 34.5 Å². The second-order valence-corrected chi connectivity index (χ2v) is 12.5. The third-order valence-electron chi connectivity index (χ3n) is 8.00. The third kappa shape index (κ3) is 5.95. The average Bonchev–Trinajstić information content (AvgIpc) is 3.36. The van der Waals surface area contributed by atoms with Gasteiger partial charge in [0, 0.05) is 43.1 Å². The minimum Gasteiger partial charge on any atom is -0.447 e. The van der Waals surface area contributed by atoms with Crippen LogP contribution in [0.4, 0.5) is 4.79 Å². The first-order valence-electron chi connectivity index (χ1n) is 13.4. The zero-order valence-corrected chi connectivity index (χ0v) is 23.7. The van der Waals surface area contributed by atoms with Crippen molar-refractivity contribution in [1.29, 1.82) is 0 Å². The molecule has 2 aromatic rings. The Balaban J connectivity index is 1.37. The second-order valence-electron chi connectivity index (χ2n) is 11.6. The molecule has 1 aliphatic carbocycles. The van der Waals surface area contributed by atoms with E-state index >= 15 is 0 Å². The molecule has 7 heteroatoms. The Hall–Kier alpha value is -1.96. The van der Waals surface area contributed by atoms with Gasteiger partial charge < -0.3 is 19.7 Å². The fraction of sp³-hybridized carbons (Fsp3) is 0.655. The molecular weight excluding hydrogens is 470 g/mol. The second kappa shape index (κ2) is 11.2. The standard InChI is InChI=1S/C29H43N3O3S/c1-7-34-22(17-30-6)18-35-27(33)32-14-10-20(11-15-32)26-31-25(19-36-26)21-8-9-23-24(16-21)29(4,5)13-12-28(23,2)3/h8-9,16,19-20,22,30H,7,10-15,17-18H2,1-6H3. The highest BCUT2D eigenvalue weighted by Crippen LogP contribution is 2.47. The molecule has 1 aromatic carbocycles. The van der Waals surface area contributed by atoms with Crippen molar-refractivity contribution in [2.75, 3.05) is 39.9 Å². The molecule has 1 unspecified atom stereocenters. The average molecular weight is 514 g/mol. The van der Waals surface area contributed by atoms with Crippen LogP contribution in [0.25, 0.3) is 11.3 Å². The molecule has 1 N–H and O–H groups in total. The van der Waals surface area contributed by atoms with Crippen LogP contribution in [0.2, 0.25) is 0 Å². The van der Waals surface area contributed by atoms with Gasteiger partial charge >= 0.3 is 6.09 Å². The van der Waals surface area contributed by atoms with Crippen molar-refractivity contribution in [3.8, 4) is 11.3 Å². The van der Waals surface area contributed by atoms with Gasteiger partial charge in [0.1, 0.15) is 12.7 Å². The number of benzene rings is 1. The minimum absolute atomic E-state index is 0.115. The van der Waals surface area contributed by atoms with Gasteiger partial charge in [0.15, 0.2) is 0 Å². The first-order valence-corrected chi connectivity index (χ1v) is 14.3. The van der Waals surface area contributed by atoms with E-state index in [4.69, 9.17) is 14.5 Å². The number of likely N-dealkylation sites (tertiary alicyclic amines) is 1. The van der Waals surface area contributed by atoms with Gasteiger partial charge in [-0.2, -0.15) is 0 Å². The van der Waals surface area contributed by atoms with Crippen LogP contribution in [0.15, 0.2) is 23.6 Å². The van der Waals surface area contributed by atoms with Crippen LogP contribution in [0, 0.1) is 0 Å². The van der Waals surface area contributed by atoms with Crippen molar-refractivity contribution >= 4 is 17.4 Å². The molecular formula is C29H43N3O3S. The number of fused-ring (bicyclic) bond motifs is 1. The smallest absolute Gasteiger partial charge is 0.409 e. The molecule has 0 radical (unpaired) electrons. The van der Waals surface area contributed by atoms with Crippen LogP contribution in [0.3, 0.4) is 0 Å². The highest BCUT2D eigenvalue weighted by atomic mass is 32.1. The fourth-order valence-electron chi connectivity index (χ4n) is 5.55. The summed E-state index contributed by atoms with van der Waals surface area (Å²) >= 11 is 1.75. The SMILES string of the molecule is CCOC(CNC)COC(=O)N1CCC(c2nc(-c3ccc4c(c3)C(C)(C)CCC4(C)C)cs2)CC1. The molecule has 2 aliphatic rings. The monoisotopic (exact) mass is 513 g/mol. The number of thiazole rings is 1. The maximum atomic E-state index is 12.6. The highest BCUT2D eigenvalue weighted by Gasteiger charge is 2.37. The summed E-state index contributed by atoms with van der Waals surface area (Å²) in [6.07, 6.45) is 3.91. The molecule has 6 nitrogen and oxygen atoms in total. The summed E-state index contributed by atoms with van der Waals surface area (Å²) < 4.78 is 11.2. The van der Waals surface area contributed by atoms with Gasteiger partial charge in [-0.15, -0.1) is 11.3 Å². The number of aromatic nitrogens is 1. The lowest BCUT2D eigenvalue weighted by atomic mass is 9.63. The van der Waals surface area contributed by atoms with Crippen LogP contribution in [-0.4, -0.2) is 62.0 Å². The van der Waals surface area contributed by atoms with Crippen LogP contribution in [0.1, 0.15) is 82.4 Å². The lowest BCUT2D eigenvalue weighted by Gasteiger charge is -2.42. The van der Waals surface area contributed by atoms with Crippen molar-refractivity contribution in [2.24, 2.45) is 0 Å². The van der Waals surface area contributed by atoms with Crippen LogP contribution >= 0.6 is 11.3 Å². The lowest BCUT2D eigenvalue weighted by Crippen LogP contribution is -2.40. The Labute approximate surface area is 220 Å². The third-order valence-corrected chi connectivity index (χ3v) is 9.01. The molecule has 198 valence electrons. The molecule has 0 bridgehead atoms. The summed E-state index contributed by atoms with van der Waals surface area (Å²) in [5.41, 5.74) is 5.66. The number of nitrogens with zero attached hydrogens (tertiary/aromatic N) is 2. The number of likely N-dealkylation sites (N-methyl/N-ethyl adjacent to an activating group) is 1. The van der Waals surface area contributed by atoms with Gasteiger partial charge in [0.25, 0.3) is 0 Å². The Morgan fingerprint density at radius 3 is 2.53 bits per heavy atom. The van der Waals surface area contributed by atoms with E-state index in [0.717, 1.165) is 18.5 Å². The summed E-state index contributed by atoms with van der Waals surface area (Å²) in [5.74, 6) is 0.390. The normalized spacial score (nSPS) is 20.1. The lowest BCUT2D eigenvalue weighted by molar-refractivity contribution is 0.00213. The largest absolute Gasteiger partial charge is 0.447 e.